The van der Waals surface area contributed by atoms with Crippen molar-refractivity contribution in [3.63, 3.8) is 0 Å². The van der Waals surface area contributed by atoms with E-state index in [1.54, 1.807) is 6.42 Å². The van der Waals surface area contributed by atoms with E-state index in [0.29, 0.717) is 0 Å². The Balaban J connectivity index is 1.76. The predicted octanol–water partition coefficient (Wildman–Crippen LogP) is 5.67. The van der Waals surface area contributed by atoms with Crippen LogP contribution >= 0.6 is 0 Å². The zero-order chi connectivity index (χ0) is 15.1. The van der Waals surface area contributed by atoms with Crippen LogP contribution in [0.25, 0.3) is 0 Å². The summed E-state index contributed by atoms with van der Waals surface area (Å²) < 4.78 is 3.08. The van der Waals surface area contributed by atoms with Crippen molar-refractivity contribution in [3.8, 4) is 0 Å². The van der Waals surface area contributed by atoms with Crippen molar-refractivity contribution in [2.75, 3.05) is 0 Å². The molecule has 2 saturated carbocycles. The molecule has 22 heavy (non-hydrogen) atoms. The van der Waals surface area contributed by atoms with Crippen LogP contribution in [0.5, 0.6) is 0 Å². The minimum absolute atomic E-state index is 0.107. The summed E-state index contributed by atoms with van der Waals surface area (Å²) in [5.41, 5.74) is -0.107. The van der Waals surface area contributed by atoms with Crippen LogP contribution in [-0.4, -0.2) is 5.43 Å². The summed E-state index contributed by atoms with van der Waals surface area (Å²) in [6.07, 6.45) is 24.6. The van der Waals surface area contributed by atoms with Gasteiger partial charge in [-0.15, -0.1) is 0 Å². The summed E-state index contributed by atoms with van der Waals surface area (Å²) in [6, 6.07) is 0. The second kappa shape index (κ2) is 6.52. The molecule has 4 aliphatic carbocycles. The summed E-state index contributed by atoms with van der Waals surface area (Å²) in [5, 5.41) is 0. The summed E-state index contributed by atoms with van der Waals surface area (Å²) >= 11 is -1.48. The number of hydrogen-bond acceptors (Lipinski definition) is 0. The quantitative estimate of drug-likeness (QED) is 0.536. The van der Waals surface area contributed by atoms with E-state index in [2.05, 4.69) is 55.6 Å². The van der Waals surface area contributed by atoms with Gasteiger partial charge in [0.05, 0.1) is 0 Å². The molecule has 0 aromatic carbocycles. The molecule has 5 unspecified atom stereocenters. The minimum atomic E-state index is -1.48. The third-order valence-corrected chi connectivity index (χ3v) is 25.6. The van der Waals surface area contributed by atoms with Crippen molar-refractivity contribution >= 4 is 5.43 Å². The molecule has 0 bridgehead atoms. The van der Waals surface area contributed by atoms with E-state index >= 15 is 0 Å². The molecule has 2 fully saturated rings. The molecule has 0 spiro atoms. The normalized spacial score (nSPS) is 38.6. The van der Waals surface area contributed by atoms with Gasteiger partial charge in [-0.2, -0.15) is 0 Å². The van der Waals surface area contributed by atoms with Gasteiger partial charge in [-0.3, -0.25) is 0 Å². The van der Waals surface area contributed by atoms with Crippen LogP contribution in [0.15, 0.2) is 45.8 Å². The fraction of sp³-hybridized carbons (Fsp3) is 0.600. The average Bonchev–Trinajstić information content (AvgIpc) is 3.16. The first-order valence-electron chi connectivity index (χ1n) is 9.16. The van der Waals surface area contributed by atoms with Crippen molar-refractivity contribution in [2.24, 2.45) is 23.7 Å². The molecule has 0 heterocycles. The first kappa shape index (κ1) is 15.6. The Bertz CT molecular complexity index is 603. The third kappa shape index (κ3) is 2.59. The summed E-state index contributed by atoms with van der Waals surface area (Å²) in [6.45, 7) is 5.29. The van der Waals surface area contributed by atoms with E-state index in [4.69, 9.17) is 0 Å². The van der Waals surface area contributed by atoms with Gasteiger partial charge in [-0.05, 0) is 0 Å². The molecule has 0 aromatic rings. The van der Waals surface area contributed by atoms with Crippen LogP contribution in [0.4, 0.5) is 0 Å². The Hall–Kier alpha value is 0.0600. The number of rotatable bonds is 2. The zero-order valence-electron chi connectivity index (χ0n) is 14.0. The Morgan fingerprint density at radius 2 is 1.68 bits per heavy atom. The molecule has 2 heteroatoms. The molecule has 0 aliphatic heterocycles. The molecule has 4 aliphatic rings. The Labute approximate surface area is 143 Å². The molecule has 0 saturated heterocycles. The molecule has 0 radical (unpaired) electrons. The standard InChI is InChI=1S/C13H17.C5H5.C2H6Si.Zr/c1-3-7-12-10(5-1)9-11-6-2-4-8-13(11)12;1-2-4-5-3-1;1-3-2;/h1,3,5,7,9-13H,2,4,6,8H2;1-3H,4H2;1-2H3;. The second-order valence-corrected chi connectivity index (χ2v) is 25.6. The van der Waals surface area contributed by atoms with Crippen molar-refractivity contribution in [2.45, 2.75) is 48.8 Å². The number of allylic oxidation sites excluding steroid dienone is 8. The number of hydrogen-bond donors (Lipinski definition) is 0. The van der Waals surface area contributed by atoms with Crippen molar-refractivity contribution in [1.29, 1.82) is 0 Å². The topological polar surface area (TPSA) is 0 Å². The zero-order valence-corrected chi connectivity index (χ0v) is 17.4. The predicted molar refractivity (Wildman–Crippen MR) is 93.8 cm³/mol. The maximum atomic E-state index is 2.64. The Kier molecular flexibility index (Phi) is 4.62. The Morgan fingerprint density at radius 3 is 2.36 bits per heavy atom. The van der Waals surface area contributed by atoms with E-state index in [0.717, 1.165) is 27.3 Å². The Morgan fingerprint density at radius 1 is 0.955 bits per heavy atom. The van der Waals surface area contributed by atoms with Gasteiger partial charge >= 0.3 is 144 Å². The van der Waals surface area contributed by atoms with E-state index in [9.17, 15) is 0 Å². The fourth-order valence-electron chi connectivity index (χ4n) is 5.75. The van der Waals surface area contributed by atoms with Crippen LogP contribution in [0, 0.1) is 23.7 Å². The monoisotopic (exact) mass is 386 g/mol. The van der Waals surface area contributed by atoms with Gasteiger partial charge in [0.2, 0.25) is 0 Å². The summed E-state index contributed by atoms with van der Waals surface area (Å²) in [7, 11) is 0. The van der Waals surface area contributed by atoms with Crippen molar-refractivity contribution in [1.82, 2.24) is 0 Å². The van der Waals surface area contributed by atoms with Crippen LogP contribution < -0.4 is 0 Å². The fourth-order valence-corrected chi connectivity index (χ4v) is 26.6. The summed E-state index contributed by atoms with van der Waals surface area (Å²) in [4.78, 5) is 0. The van der Waals surface area contributed by atoms with Gasteiger partial charge in [0.15, 0.2) is 0 Å². The van der Waals surface area contributed by atoms with Gasteiger partial charge in [-0.1, -0.05) is 0 Å². The van der Waals surface area contributed by atoms with Crippen LogP contribution in [-0.2, 0) is 20.4 Å². The van der Waals surface area contributed by atoms with Crippen molar-refractivity contribution < 1.29 is 20.4 Å². The molecular formula is C20H28SiZr. The van der Waals surface area contributed by atoms with Gasteiger partial charge in [0.25, 0.3) is 0 Å². The van der Waals surface area contributed by atoms with Gasteiger partial charge in [0, 0.05) is 0 Å². The molecular weight excluding hydrogens is 360 g/mol. The molecule has 116 valence electrons. The molecule has 0 aromatic heterocycles. The molecule has 4 rings (SSSR count). The van der Waals surface area contributed by atoms with E-state index < -0.39 is 20.4 Å². The molecule has 5 atom stereocenters. The van der Waals surface area contributed by atoms with Crippen LogP contribution in [0.2, 0.25) is 16.7 Å². The van der Waals surface area contributed by atoms with Gasteiger partial charge < -0.3 is 0 Å². The first-order valence-corrected chi connectivity index (χ1v) is 18.0. The summed E-state index contributed by atoms with van der Waals surface area (Å²) in [5.74, 6) is 3.91. The first-order chi connectivity index (χ1) is 10.8. The third-order valence-electron chi connectivity index (χ3n) is 6.46. The van der Waals surface area contributed by atoms with E-state index in [-0.39, 0.29) is 5.43 Å². The van der Waals surface area contributed by atoms with Crippen LogP contribution in [0.3, 0.4) is 0 Å². The second-order valence-electron chi connectivity index (χ2n) is 7.80. The van der Waals surface area contributed by atoms with Gasteiger partial charge in [-0.25, -0.2) is 0 Å². The SMILES string of the molecule is C[Si](C)=[Zr]([C]1=CC=CC1)[CH]1C2C=CC=CC2C2CCCCC21. The van der Waals surface area contributed by atoms with Crippen LogP contribution in [0.1, 0.15) is 32.1 Å². The maximum absolute atomic E-state index is 2.64. The van der Waals surface area contributed by atoms with Gasteiger partial charge in [0.1, 0.15) is 0 Å². The molecule has 0 amide bonds. The number of fused-ring (bicyclic) bond motifs is 3. The average molecular weight is 388 g/mol. The van der Waals surface area contributed by atoms with Crippen molar-refractivity contribution in [3.05, 3.63) is 45.8 Å². The molecule has 0 N–H and O–H groups in total. The van der Waals surface area contributed by atoms with E-state index in [1.165, 1.54) is 25.7 Å². The van der Waals surface area contributed by atoms with E-state index in [1.807, 2.05) is 3.28 Å². The molecule has 0 nitrogen and oxygen atoms in total.